The van der Waals surface area contributed by atoms with Crippen LogP contribution in [-0.2, 0) is 19.6 Å². The highest BCUT2D eigenvalue weighted by Crippen LogP contribution is 2.28. The number of fused-ring (bicyclic) bond motifs is 1. The minimum atomic E-state index is -3.70. The topological polar surface area (TPSA) is 104 Å². The number of amides is 1. The maximum absolute atomic E-state index is 13.1. The van der Waals surface area contributed by atoms with Crippen molar-refractivity contribution in [3.63, 3.8) is 0 Å². The smallest absolute Gasteiger partial charge is 0.240 e. The quantitative estimate of drug-likeness (QED) is 0.465. The number of benzene rings is 2. The molecule has 0 aliphatic heterocycles. The summed E-state index contributed by atoms with van der Waals surface area (Å²) < 4.78 is 34.2. The molecule has 2 N–H and O–H groups in total. The summed E-state index contributed by atoms with van der Waals surface area (Å²) in [6.07, 6.45) is 2.60. The Labute approximate surface area is 207 Å². The number of ether oxygens (including phenoxy) is 1. The van der Waals surface area contributed by atoms with Gasteiger partial charge in [-0.1, -0.05) is 30.3 Å². The van der Waals surface area contributed by atoms with Crippen LogP contribution in [0.5, 0.6) is 0 Å². The third-order valence-corrected chi connectivity index (χ3v) is 8.17. The first kappa shape index (κ1) is 25.3. The average Bonchev–Trinajstić information content (AvgIpc) is 3.28. The molecule has 0 bridgehead atoms. The Hall–Kier alpha value is -2.75. The lowest BCUT2D eigenvalue weighted by Crippen LogP contribution is -2.45. The highest BCUT2D eigenvalue weighted by atomic mass is 32.2. The fourth-order valence-electron chi connectivity index (χ4n) is 4.68. The van der Waals surface area contributed by atoms with Crippen molar-refractivity contribution in [2.75, 3.05) is 20.3 Å². The molecule has 1 aliphatic rings. The number of hydrogen-bond acceptors (Lipinski definition) is 5. The van der Waals surface area contributed by atoms with E-state index in [1.165, 1.54) is 0 Å². The Morgan fingerprint density at radius 2 is 1.86 bits per heavy atom. The lowest BCUT2D eigenvalue weighted by Gasteiger charge is -2.34. The lowest BCUT2D eigenvalue weighted by molar-refractivity contribution is -0.139. The molecule has 8 nitrogen and oxygen atoms in total. The van der Waals surface area contributed by atoms with Crippen molar-refractivity contribution < 1.29 is 17.9 Å². The van der Waals surface area contributed by atoms with Gasteiger partial charge in [0.2, 0.25) is 15.9 Å². The zero-order valence-corrected chi connectivity index (χ0v) is 21.3. The van der Waals surface area contributed by atoms with Gasteiger partial charge in [0.15, 0.2) is 0 Å². The van der Waals surface area contributed by atoms with Crippen LogP contribution in [0.25, 0.3) is 22.4 Å². The summed E-state index contributed by atoms with van der Waals surface area (Å²) in [6.45, 7) is 5.09. The van der Waals surface area contributed by atoms with Gasteiger partial charge in [-0.2, -0.15) is 0 Å². The van der Waals surface area contributed by atoms with E-state index in [4.69, 9.17) is 4.74 Å². The van der Waals surface area contributed by atoms with Crippen molar-refractivity contribution in [3.8, 4) is 11.4 Å². The molecular weight excluding hydrogens is 464 g/mol. The molecule has 0 saturated heterocycles. The van der Waals surface area contributed by atoms with Crippen molar-refractivity contribution in [1.82, 2.24) is 19.6 Å². The Kier molecular flexibility index (Phi) is 7.88. The summed E-state index contributed by atoms with van der Waals surface area (Å²) in [5, 5.41) is 0. The summed E-state index contributed by atoms with van der Waals surface area (Å²) in [4.78, 5) is 22.9. The van der Waals surface area contributed by atoms with E-state index in [2.05, 4.69) is 14.7 Å². The molecule has 1 saturated carbocycles. The van der Waals surface area contributed by atoms with Crippen LogP contribution in [0.3, 0.4) is 0 Å². The highest BCUT2D eigenvalue weighted by molar-refractivity contribution is 7.89. The number of nitrogens with one attached hydrogen (secondary N) is 2. The maximum Gasteiger partial charge on any atom is 0.240 e. The Morgan fingerprint density at radius 3 is 2.51 bits per heavy atom. The van der Waals surface area contributed by atoms with Crippen LogP contribution in [0.2, 0.25) is 0 Å². The number of aromatic amines is 1. The van der Waals surface area contributed by atoms with Crippen LogP contribution in [0, 0.1) is 5.92 Å². The molecule has 35 heavy (non-hydrogen) atoms. The van der Waals surface area contributed by atoms with Gasteiger partial charge >= 0.3 is 0 Å². The first-order valence-corrected chi connectivity index (χ1v) is 13.6. The van der Waals surface area contributed by atoms with Gasteiger partial charge in [0.25, 0.3) is 0 Å². The van der Waals surface area contributed by atoms with Crippen LogP contribution < -0.4 is 4.72 Å². The summed E-state index contributed by atoms with van der Waals surface area (Å²) in [5.74, 6) is 0.760. The average molecular weight is 499 g/mol. The second-order valence-electron chi connectivity index (χ2n) is 9.42. The molecule has 1 fully saturated rings. The zero-order valence-electron chi connectivity index (χ0n) is 20.5. The van der Waals surface area contributed by atoms with Crippen LogP contribution in [0.1, 0.15) is 39.5 Å². The Morgan fingerprint density at radius 1 is 1.14 bits per heavy atom. The van der Waals surface area contributed by atoms with E-state index in [1.54, 1.807) is 25.3 Å². The number of carbonyl (C=O) groups is 1. The van der Waals surface area contributed by atoms with Gasteiger partial charge in [0.05, 0.1) is 22.5 Å². The van der Waals surface area contributed by atoms with E-state index in [9.17, 15) is 13.2 Å². The Balaban J connectivity index is 1.40. The zero-order chi connectivity index (χ0) is 25.0. The van der Waals surface area contributed by atoms with E-state index in [1.807, 2.05) is 49.1 Å². The molecule has 188 valence electrons. The van der Waals surface area contributed by atoms with Gasteiger partial charge in [-0.05, 0) is 57.7 Å². The predicted octanol–water partition coefficient (Wildman–Crippen LogP) is 3.95. The first-order chi connectivity index (χ1) is 16.8. The fraction of sp³-hybridized carbons (Fsp3) is 0.462. The van der Waals surface area contributed by atoms with Crippen molar-refractivity contribution in [2.45, 2.75) is 56.5 Å². The molecule has 1 aliphatic carbocycles. The third kappa shape index (κ3) is 5.91. The number of aromatic nitrogens is 2. The molecule has 3 aromatic rings. The van der Waals surface area contributed by atoms with Crippen LogP contribution in [-0.4, -0.2) is 61.5 Å². The lowest BCUT2D eigenvalue weighted by atomic mass is 9.85. The van der Waals surface area contributed by atoms with Gasteiger partial charge in [-0.3, -0.25) is 4.79 Å². The number of nitrogens with zero attached hydrogens (tertiary/aromatic N) is 2. The molecule has 0 radical (unpaired) electrons. The van der Waals surface area contributed by atoms with Crippen molar-refractivity contribution in [3.05, 3.63) is 48.5 Å². The van der Waals surface area contributed by atoms with Gasteiger partial charge in [0, 0.05) is 37.2 Å². The summed E-state index contributed by atoms with van der Waals surface area (Å²) in [5.41, 5.74) is 2.33. The SMILES string of the molecule is COCCN(C(=O)[C@H]1CC[C@H](NS(=O)(=O)c2ccc3[nH]c(-c4ccccc4)nc3c2)CC1)C(C)C. The number of methoxy groups -OCH3 is 1. The molecule has 1 heterocycles. The van der Waals surface area contributed by atoms with E-state index < -0.39 is 10.0 Å². The monoisotopic (exact) mass is 498 g/mol. The number of rotatable bonds is 9. The molecular formula is C26H34N4O4S. The minimum absolute atomic E-state index is 0.0770. The van der Waals surface area contributed by atoms with Crippen molar-refractivity contribution >= 4 is 27.0 Å². The largest absolute Gasteiger partial charge is 0.383 e. The van der Waals surface area contributed by atoms with Crippen molar-refractivity contribution in [2.24, 2.45) is 5.92 Å². The number of carbonyl (C=O) groups excluding carboxylic acids is 1. The minimum Gasteiger partial charge on any atom is -0.383 e. The van der Waals surface area contributed by atoms with Crippen LogP contribution in [0.15, 0.2) is 53.4 Å². The van der Waals surface area contributed by atoms with E-state index in [0.29, 0.717) is 50.2 Å². The maximum atomic E-state index is 13.1. The van der Waals surface area contributed by atoms with Gasteiger partial charge in [-0.15, -0.1) is 0 Å². The normalized spacial score (nSPS) is 18.7. The van der Waals surface area contributed by atoms with E-state index >= 15 is 0 Å². The summed E-state index contributed by atoms with van der Waals surface area (Å²) >= 11 is 0. The van der Waals surface area contributed by atoms with Crippen LogP contribution >= 0.6 is 0 Å². The van der Waals surface area contributed by atoms with Crippen LogP contribution in [0.4, 0.5) is 0 Å². The molecule has 0 atom stereocenters. The molecule has 0 unspecified atom stereocenters. The molecule has 1 aromatic heterocycles. The number of imidazole rings is 1. The second-order valence-corrected chi connectivity index (χ2v) is 11.1. The molecule has 9 heteroatoms. The fourth-order valence-corrected chi connectivity index (χ4v) is 6.00. The number of sulfonamides is 1. The molecule has 1 amide bonds. The highest BCUT2D eigenvalue weighted by Gasteiger charge is 2.32. The number of hydrogen-bond donors (Lipinski definition) is 2. The Bertz CT molecular complexity index is 1250. The van der Waals surface area contributed by atoms with Gasteiger partial charge in [0.1, 0.15) is 5.82 Å². The second kappa shape index (κ2) is 10.9. The van der Waals surface area contributed by atoms with Gasteiger partial charge < -0.3 is 14.6 Å². The summed E-state index contributed by atoms with van der Waals surface area (Å²) in [7, 11) is -2.07. The standard InChI is InChI=1S/C26H34N4O4S/c1-18(2)30(15-16-34-3)26(31)20-9-11-21(12-10-20)29-35(32,33)22-13-14-23-24(17-22)28-25(27-23)19-7-5-4-6-8-19/h4-8,13-14,17-18,20-21,29H,9-12,15-16H2,1-3H3,(H,27,28)/t20-,21-. The summed E-state index contributed by atoms with van der Waals surface area (Å²) in [6, 6.07) is 14.6. The first-order valence-electron chi connectivity index (χ1n) is 12.2. The number of H-pyrrole nitrogens is 1. The predicted molar refractivity (Wildman–Crippen MR) is 136 cm³/mol. The molecule has 0 spiro atoms. The molecule has 2 aromatic carbocycles. The third-order valence-electron chi connectivity index (χ3n) is 6.65. The van der Waals surface area contributed by atoms with E-state index in [0.717, 1.165) is 11.1 Å². The van der Waals surface area contributed by atoms with Crippen molar-refractivity contribution in [1.29, 1.82) is 0 Å². The van der Waals surface area contributed by atoms with Gasteiger partial charge in [-0.25, -0.2) is 18.1 Å². The van der Waals surface area contributed by atoms with E-state index in [-0.39, 0.29) is 28.8 Å². The molecule has 4 rings (SSSR count).